The summed E-state index contributed by atoms with van der Waals surface area (Å²) in [6, 6.07) is 4.69. The molecular weight excluding hydrogens is 222 g/mol. The largest absolute Gasteiger partial charge is 0.497 e. The van der Waals surface area contributed by atoms with E-state index in [2.05, 4.69) is 0 Å². The van der Waals surface area contributed by atoms with Crippen LogP contribution in [0.3, 0.4) is 0 Å². The van der Waals surface area contributed by atoms with Crippen molar-refractivity contribution in [2.24, 2.45) is 0 Å². The minimum absolute atomic E-state index is 0.000460. The molecule has 5 heteroatoms. The Morgan fingerprint density at radius 2 is 2.24 bits per heavy atom. The molecule has 0 aliphatic carbocycles. The van der Waals surface area contributed by atoms with Crippen molar-refractivity contribution < 1.29 is 14.8 Å². The zero-order valence-electron chi connectivity index (χ0n) is 10.0. The molecule has 1 rings (SSSR count). The van der Waals surface area contributed by atoms with Crippen LogP contribution in [-0.2, 0) is 6.42 Å². The fourth-order valence-corrected chi connectivity index (χ4v) is 1.70. The van der Waals surface area contributed by atoms with Crippen LogP contribution in [-0.4, -0.2) is 23.2 Å². The molecule has 0 spiro atoms. The van der Waals surface area contributed by atoms with Crippen LogP contribution in [0.2, 0.25) is 0 Å². The number of ether oxygens (including phenoxy) is 1. The van der Waals surface area contributed by atoms with Gasteiger partial charge < -0.3 is 9.84 Å². The standard InChI is InChI=1S/C12H17NO4/c1-3-4-10(14)7-9-5-6-11(17-2)8-12(9)13(15)16/h5-6,8,10,14H,3-4,7H2,1-2H3. The molecule has 94 valence electrons. The summed E-state index contributed by atoms with van der Waals surface area (Å²) in [5.74, 6) is 0.449. The molecule has 0 aliphatic heterocycles. The lowest BCUT2D eigenvalue weighted by atomic mass is 10.0. The number of benzene rings is 1. The van der Waals surface area contributed by atoms with E-state index in [4.69, 9.17) is 4.74 Å². The van der Waals surface area contributed by atoms with Gasteiger partial charge >= 0.3 is 0 Å². The number of rotatable bonds is 6. The number of nitro groups is 1. The van der Waals surface area contributed by atoms with Crippen LogP contribution >= 0.6 is 0 Å². The van der Waals surface area contributed by atoms with E-state index in [1.807, 2.05) is 6.92 Å². The summed E-state index contributed by atoms with van der Waals surface area (Å²) in [7, 11) is 1.46. The predicted molar refractivity (Wildman–Crippen MR) is 64.3 cm³/mol. The Morgan fingerprint density at radius 3 is 2.76 bits per heavy atom. The molecule has 1 atom stereocenters. The van der Waals surface area contributed by atoms with Gasteiger partial charge in [-0.05, 0) is 18.6 Å². The van der Waals surface area contributed by atoms with Gasteiger partial charge in [0.1, 0.15) is 5.75 Å². The average molecular weight is 239 g/mol. The molecule has 0 heterocycles. The highest BCUT2D eigenvalue weighted by atomic mass is 16.6. The first kappa shape index (κ1) is 13.4. The Hall–Kier alpha value is -1.62. The molecule has 1 aromatic carbocycles. The normalized spacial score (nSPS) is 12.2. The molecular formula is C12H17NO4. The highest BCUT2D eigenvalue weighted by Gasteiger charge is 2.17. The molecule has 0 aromatic heterocycles. The monoisotopic (exact) mass is 239 g/mol. The van der Waals surface area contributed by atoms with Gasteiger partial charge in [0.2, 0.25) is 0 Å². The van der Waals surface area contributed by atoms with Crippen LogP contribution in [0.4, 0.5) is 5.69 Å². The number of nitro benzene ring substituents is 1. The number of nitrogens with zero attached hydrogens (tertiary/aromatic N) is 1. The van der Waals surface area contributed by atoms with Gasteiger partial charge in [0.15, 0.2) is 0 Å². The summed E-state index contributed by atoms with van der Waals surface area (Å²) in [6.45, 7) is 1.96. The Bertz CT molecular complexity index is 392. The molecule has 0 saturated carbocycles. The summed E-state index contributed by atoms with van der Waals surface area (Å²) < 4.78 is 4.95. The minimum atomic E-state index is -0.535. The SMILES string of the molecule is CCCC(O)Cc1ccc(OC)cc1[N+](=O)[O-]. The van der Waals surface area contributed by atoms with Crippen LogP contribution in [0, 0.1) is 10.1 Å². The molecule has 1 unspecified atom stereocenters. The van der Waals surface area contributed by atoms with Crippen LogP contribution in [0.1, 0.15) is 25.3 Å². The van der Waals surface area contributed by atoms with E-state index >= 15 is 0 Å². The molecule has 0 saturated heterocycles. The Balaban J connectivity index is 2.94. The number of hydrogen-bond donors (Lipinski definition) is 1. The van der Waals surface area contributed by atoms with E-state index in [-0.39, 0.29) is 5.69 Å². The zero-order valence-corrected chi connectivity index (χ0v) is 10.0. The summed E-state index contributed by atoms with van der Waals surface area (Å²) in [5, 5.41) is 20.6. The number of aliphatic hydroxyl groups excluding tert-OH is 1. The van der Waals surface area contributed by atoms with Crippen LogP contribution in [0.15, 0.2) is 18.2 Å². The molecule has 0 amide bonds. The van der Waals surface area contributed by atoms with E-state index in [0.717, 1.165) is 6.42 Å². The van der Waals surface area contributed by atoms with Crippen molar-refractivity contribution >= 4 is 5.69 Å². The molecule has 0 radical (unpaired) electrons. The fourth-order valence-electron chi connectivity index (χ4n) is 1.70. The van der Waals surface area contributed by atoms with Crippen LogP contribution in [0.25, 0.3) is 0 Å². The third-order valence-corrected chi connectivity index (χ3v) is 2.57. The van der Waals surface area contributed by atoms with Crippen molar-refractivity contribution in [1.29, 1.82) is 0 Å². The van der Waals surface area contributed by atoms with E-state index in [1.165, 1.54) is 13.2 Å². The van der Waals surface area contributed by atoms with Gasteiger partial charge in [0.25, 0.3) is 5.69 Å². The minimum Gasteiger partial charge on any atom is -0.497 e. The molecule has 0 bridgehead atoms. The van der Waals surface area contributed by atoms with E-state index in [9.17, 15) is 15.2 Å². The van der Waals surface area contributed by atoms with Crippen molar-refractivity contribution in [1.82, 2.24) is 0 Å². The van der Waals surface area contributed by atoms with E-state index in [0.29, 0.717) is 24.2 Å². The molecule has 5 nitrogen and oxygen atoms in total. The summed E-state index contributed by atoms with van der Waals surface area (Å²) in [5.41, 5.74) is 0.538. The highest BCUT2D eigenvalue weighted by molar-refractivity contribution is 5.46. The third-order valence-electron chi connectivity index (χ3n) is 2.57. The lowest BCUT2D eigenvalue weighted by Crippen LogP contribution is -2.11. The second-order valence-electron chi connectivity index (χ2n) is 3.90. The Labute approximate surface area is 100 Å². The van der Waals surface area contributed by atoms with Gasteiger partial charge in [-0.25, -0.2) is 0 Å². The lowest BCUT2D eigenvalue weighted by Gasteiger charge is -2.10. The summed E-state index contributed by atoms with van der Waals surface area (Å²) >= 11 is 0. The Morgan fingerprint density at radius 1 is 1.53 bits per heavy atom. The van der Waals surface area contributed by atoms with Gasteiger partial charge in [0, 0.05) is 12.0 Å². The molecule has 1 aromatic rings. The van der Waals surface area contributed by atoms with Crippen LogP contribution < -0.4 is 4.74 Å². The highest BCUT2D eigenvalue weighted by Crippen LogP contribution is 2.26. The zero-order chi connectivity index (χ0) is 12.8. The lowest BCUT2D eigenvalue weighted by molar-refractivity contribution is -0.385. The van der Waals surface area contributed by atoms with Crippen molar-refractivity contribution in [3.8, 4) is 5.75 Å². The van der Waals surface area contributed by atoms with Gasteiger partial charge in [-0.1, -0.05) is 13.3 Å². The van der Waals surface area contributed by atoms with Gasteiger partial charge in [-0.3, -0.25) is 10.1 Å². The molecule has 17 heavy (non-hydrogen) atoms. The maximum Gasteiger partial charge on any atom is 0.276 e. The van der Waals surface area contributed by atoms with Crippen molar-refractivity contribution in [3.63, 3.8) is 0 Å². The van der Waals surface area contributed by atoms with Crippen molar-refractivity contribution in [3.05, 3.63) is 33.9 Å². The first-order chi connectivity index (χ1) is 8.08. The smallest absolute Gasteiger partial charge is 0.276 e. The second kappa shape index (κ2) is 6.20. The van der Waals surface area contributed by atoms with Gasteiger partial charge in [-0.2, -0.15) is 0 Å². The Kier molecular flexibility index (Phi) is 4.90. The maximum atomic E-state index is 10.9. The maximum absolute atomic E-state index is 10.9. The number of methoxy groups -OCH3 is 1. The van der Waals surface area contributed by atoms with Crippen LogP contribution in [0.5, 0.6) is 5.75 Å². The average Bonchev–Trinajstić information content (AvgIpc) is 2.29. The van der Waals surface area contributed by atoms with Gasteiger partial charge in [0.05, 0.1) is 24.2 Å². The molecule has 0 fully saturated rings. The first-order valence-electron chi connectivity index (χ1n) is 5.57. The van der Waals surface area contributed by atoms with Crippen molar-refractivity contribution in [2.75, 3.05) is 7.11 Å². The fraction of sp³-hybridized carbons (Fsp3) is 0.500. The predicted octanol–water partition coefficient (Wildman–Crippen LogP) is 2.31. The second-order valence-corrected chi connectivity index (χ2v) is 3.90. The quantitative estimate of drug-likeness (QED) is 0.610. The number of hydrogen-bond acceptors (Lipinski definition) is 4. The van der Waals surface area contributed by atoms with Gasteiger partial charge in [-0.15, -0.1) is 0 Å². The molecule has 1 N–H and O–H groups in total. The summed E-state index contributed by atoms with van der Waals surface area (Å²) in [6.07, 6.45) is 1.26. The summed E-state index contributed by atoms with van der Waals surface area (Å²) in [4.78, 5) is 10.4. The number of aliphatic hydroxyl groups is 1. The first-order valence-corrected chi connectivity index (χ1v) is 5.57. The van der Waals surface area contributed by atoms with E-state index < -0.39 is 11.0 Å². The van der Waals surface area contributed by atoms with E-state index in [1.54, 1.807) is 12.1 Å². The topological polar surface area (TPSA) is 72.6 Å². The molecule has 0 aliphatic rings. The third kappa shape index (κ3) is 3.71. The van der Waals surface area contributed by atoms with Crippen molar-refractivity contribution in [2.45, 2.75) is 32.3 Å².